The number of fused-ring (bicyclic) bond motifs is 4. The number of carbonyl (C=O) groups is 6. The molecule has 0 spiro atoms. The van der Waals surface area contributed by atoms with E-state index in [0.29, 0.717) is 11.1 Å². The van der Waals surface area contributed by atoms with Crippen molar-refractivity contribution in [3.8, 4) is 0 Å². The summed E-state index contributed by atoms with van der Waals surface area (Å²) in [6.45, 7) is 10.6. The molecule has 3 aliphatic rings. The second-order valence-corrected chi connectivity index (χ2v) is 14.2. The Morgan fingerprint density at radius 3 is 2.02 bits per heavy atom. The third-order valence-electron chi connectivity index (χ3n) is 10.1. The van der Waals surface area contributed by atoms with Crippen molar-refractivity contribution in [1.29, 1.82) is 0 Å². The molecule has 0 amide bonds. The molecule has 7 atom stereocenters. The normalized spacial score (nSPS) is 29.0. The van der Waals surface area contributed by atoms with E-state index in [0.717, 1.165) is 5.56 Å². The average Bonchev–Trinajstić information content (AvgIpc) is 2.97. The van der Waals surface area contributed by atoms with Crippen LogP contribution in [0.1, 0.15) is 85.8 Å². The summed E-state index contributed by atoms with van der Waals surface area (Å²) in [4.78, 5) is 81.4. The van der Waals surface area contributed by atoms with Gasteiger partial charge in [-0.3, -0.25) is 28.8 Å². The number of ketones is 2. The van der Waals surface area contributed by atoms with Crippen LogP contribution in [0, 0.1) is 16.7 Å². The van der Waals surface area contributed by atoms with Gasteiger partial charge in [-0.2, -0.15) is 0 Å². The molecule has 1 aromatic rings. The molecular weight excluding hydrogens is 618 g/mol. The highest BCUT2D eigenvalue weighted by Crippen LogP contribution is 2.52. The summed E-state index contributed by atoms with van der Waals surface area (Å²) in [5.41, 5.74) is -0.552. The molecule has 1 aromatic carbocycles. The maximum absolute atomic E-state index is 14.4. The minimum atomic E-state index is -1.54. The molecule has 1 saturated carbocycles. The van der Waals surface area contributed by atoms with E-state index in [4.69, 9.17) is 18.9 Å². The molecule has 0 heterocycles. The Morgan fingerprint density at radius 1 is 0.854 bits per heavy atom. The van der Waals surface area contributed by atoms with Crippen molar-refractivity contribution >= 4 is 35.4 Å². The average molecular weight is 666 g/mol. The van der Waals surface area contributed by atoms with Crippen molar-refractivity contribution < 1.29 is 47.7 Å². The highest BCUT2D eigenvalue weighted by Gasteiger charge is 2.57. The first kappa shape index (κ1) is 36.7. The smallest absolute Gasteiger partial charge is 0.308 e. The van der Waals surface area contributed by atoms with Gasteiger partial charge in [0.05, 0.1) is 11.8 Å². The Morgan fingerprint density at radius 2 is 1.46 bits per heavy atom. The topological polar surface area (TPSA) is 143 Å². The molecule has 1 fully saturated rings. The van der Waals surface area contributed by atoms with Gasteiger partial charge in [-0.25, -0.2) is 0 Å². The summed E-state index contributed by atoms with van der Waals surface area (Å²) in [5.74, 6) is -4.48. The summed E-state index contributed by atoms with van der Waals surface area (Å²) in [7, 11) is 3.73. The van der Waals surface area contributed by atoms with E-state index in [1.807, 2.05) is 49.3 Å². The lowest BCUT2D eigenvalue weighted by atomic mass is 9.57. The van der Waals surface area contributed by atoms with Gasteiger partial charge < -0.3 is 23.8 Å². The van der Waals surface area contributed by atoms with Crippen molar-refractivity contribution in [3.63, 3.8) is 0 Å². The van der Waals surface area contributed by atoms with Crippen LogP contribution in [0.5, 0.6) is 0 Å². The third kappa shape index (κ3) is 7.46. The summed E-state index contributed by atoms with van der Waals surface area (Å²) >= 11 is 0. The lowest BCUT2D eigenvalue weighted by Crippen LogP contribution is -2.55. The molecule has 3 aliphatic carbocycles. The summed E-state index contributed by atoms with van der Waals surface area (Å²) in [6, 6.07) is 9.23. The van der Waals surface area contributed by atoms with Crippen LogP contribution in [0.4, 0.5) is 0 Å². The lowest BCUT2D eigenvalue weighted by Gasteiger charge is -2.49. The van der Waals surface area contributed by atoms with E-state index >= 15 is 0 Å². The number of benzene rings is 1. The zero-order valence-corrected chi connectivity index (χ0v) is 29.3. The van der Waals surface area contributed by atoms with E-state index in [9.17, 15) is 28.8 Å². The molecule has 0 radical (unpaired) electrons. The first-order chi connectivity index (χ1) is 22.4. The highest BCUT2D eigenvalue weighted by atomic mass is 16.6. The van der Waals surface area contributed by atoms with E-state index in [2.05, 4.69) is 0 Å². The molecule has 0 N–H and O–H groups in total. The Labute approximate surface area is 282 Å². The molecule has 11 nitrogen and oxygen atoms in total. The predicted octanol–water partition coefficient (Wildman–Crippen LogP) is 4.63. The molecule has 48 heavy (non-hydrogen) atoms. The number of Topliss-reactive ketones (excluding diaryl/α,β-unsaturated/α-hetero) is 2. The van der Waals surface area contributed by atoms with Crippen molar-refractivity contribution in [1.82, 2.24) is 4.90 Å². The third-order valence-corrected chi connectivity index (χ3v) is 10.1. The number of hydrogen-bond acceptors (Lipinski definition) is 11. The lowest BCUT2D eigenvalue weighted by molar-refractivity contribution is -0.169. The van der Waals surface area contributed by atoms with Gasteiger partial charge in [-0.1, -0.05) is 44.2 Å². The minimum Gasteiger partial charge on any atom is -0.461 e. The second-order valence-electron chi connectivity index (χ2n) is 14.2. The molecular formula is C37H47NO10. The Balaban J connectivity index is 1.86. The maximum atomic E-state index is 14.4. The van der Waals surface area contributed by atoms with Gasteiger partial charge >= 0.3 is 23.9 Å². The fourth-order valence-electron chi connectivity index (χ4n) is 7.71. The van der Waals surface area contributed by atoms with Crippen LogP contribution in [0.3, 0.4) is 0 Å². The van der Waals surface area contributed by atoms with E-state index in [1.165, 1.54) is 20.8 Å². The van der Waals surface area contributed by atoms with E-state index in [1.54, 1.807) is 33.8 Å². The van der Waals surface area contributed by atoms with Crippen molar-refractivity contribution in [2.75, 3.05) is 14.1 Å². The SMILES string of the molecule is CC(=O)O[C@H]1C[C@H]2[C@@H](OC(C)=O)C=C3C[C@](C)(C(=O)C(=O)C(=C1C)C2(C)C)[C@@H](OC(C)=O)C[C@@H]3OC(=O)C[C@H](c1ccccc1)N(C)C. The van der Waals surface area contributed by atoms with E-state index in [-0.39, 0.29) is 37.3 Å². The monoisotopic (exact) mass is 665 g/mol. The van der Waals surface area contributed by atoms with Gasteiger partial charge in [-0.05, 0) is 63.6 Å². The molecule has 0 aromatic heterocycles. The maximum Gasteiger partial charge on any atom is 0.308 e. The van der Waals surface area contributed by atoms with Gasteiger partial charge in [0.2, 0.25) is 11.6 Å². The summed E-state index contributed by atoms with van der Waals surface area (Å²) in [6.07, 6.45) is -2.10. The quantitative estimate of drug-likeness (QED) is 0.166. The number of ether oxygens (including phenoxy) is 4. The largest absolute Gasteiger partial charge is 0.461 e. The first-order valence-electron chi connectivity index (χ1n) is 16.3. The molecule has 11 heteroatoms. The van der Waals surface area contributed by atoms with Gasteiger partial charge in [0.25, 0.3) is 0 Å². The fourth-order valence-corrected chi connectivity index (χ4v) is 7.71. The first-order valence-corrected chi connectivity index (χ1v) is 16.3. The van der Waals surface area contributed by atoms with Gasteiger partial charge in [-0.15, -0.1) is 0 Å². The second kappa shape index (κ2) is 14.2. The Kier molecular flexibility index (Phi) is 10.8. The predicted molar refractivity (Wildman–Crippen MR) is 174 cm³/mol. The van der Waals surface area contributed by atoms with Gasteiger partial charge in [0.15, 0.2) is 0 Å². The number of hydrogen-bond donors (Lipinski definition) is 0. The molecule has 0 unspecified atom stereocenters. The molecule has 4 rings (SSSR count). The fraction of sp³-hybridized carbons (Fsp3) is 0.568. The van der Waals surface area contributed by atoms with Crippen LogP contribution in [0.15, 0.2) is 53.1 Å². The Bertz CT molecular complexity index is 1540. The zero-order chi connectivity index (χ0) is 35.7. The summed E-state index contributed by atoms with van der Waals surface area (Å²) < 4.78 is 23.4. The van der Waals surface area contributed by atoms with Crippen LogP contribution >= 0.6 is 0 Å². The number of rotatable bonds is 8. The Hall–Kier alpha value is -4.12. The van der Waals surface area contributed by atoms with E-state index < -0.39 is 76.6 Å². The number of nitrogens with zero attached hydrogens (tertiary/aromatic N) is 1. The molecule has 4 bridgehead atoms. The number of allylic oxidation sites excluding steroid dienone is 1. The van der Waals surface area contributed by atoms with Gasteiger partial charge in [0.1, 0.15) is 24.4 Å². The standard InChI is InChI=1S/C37H47NO10/c1-20-28(45-21(2)39)16-26-30(46-22(3)40)15-25-19-37(7,35(44)34(43)33(20)36(26,5)6)31(47-23(4)41)18-29(25)48-32(42)17-27(38(8)9)24-13-11-10-12-14-24/h10-15,26-31H,16-19H2,1-9H3/t26-,27+,28-,29-,30-,31-,37-/m0/s1. The minimum absolute atomic E-state index is 0.00817. The van der Waals surface area contributed by atoms with Crippen LogP contribution in [0.2, 0.25) is 0 Å². The summed E-state index contributed by atoms with van der Waals surface area (Å²) in [5, 5.41) is 0. The molecule has 0 aliphatic heterocycles. The van der Waals surface area contributed by atoms with Crippen molar-refractivity contribution in [3.05, 3.63) is 58.7 Å². The number of esters is 4. The van der Waals surface area contributed by atoms with Crippen LogP contribution < -0.4 is 0 Å². The molecule has 0 saturated heterocycles. The van der Waals surface area contributed by atoms with Crippen LogP contribution in [0.25, 0.3) is 0 Å². The van der Waals surface area contributed by atoms with Crippen molar-refractivity contribution in [2.24, 2.45) is 16.7 Å². The van der Waals surface area contributed by atoms with Crippen LogP contribution in [-0.4, -0.2) is 78.9 Å². The number of carbonyl (C=O) groups excluding carboxylic acids is 6. The van der Waals surface area contributed by atoms with Crippen LogP contribution in [-0.2, 0) is 47.7 Å². The highest BCUT2D eigenvalue weighted by molar-refractivity contribution is 6.45. The zero-order valence-electron chi connectivity index (χ0n) is 29.3. The molecule has 260 valence electrons. The van der Waals surface area contributed by atoms with Crippen molar-refractivity contribution in [2.45, 2.75) is 105 Å². The van der Waals surface area contributed by atoms with Gasteiger partial charge in [0, 0.05) is 50.1 Å².